The molecular formula is C63H94O6. The fourth-order valence-corrected chi connectivity index (χ4v) is 6.34. The lowest BCUT2D eigenvalue weighted by Crippen LogP contribution is -2.30. The van der Waals surface area contributed by atoms with Crippen LogP contribution >= 0.6 is 0 Å². The molecule has 382 valence electrons. The highest BCUT2D eigenvalue weighted by atomic mass is 16.6. The minimum Gasteiger partial charge on any atom is -0.462 e. The second-order valence-corrected chi connectivity index (χ2v) is 16.8. The Morgan fingerprint density at radius 1 is 0.319 bits per heavy atom. The number of allylic oxidation sites excluding steroid dienone is 28. The molecule has 0 rings (SSSR count). The van der Waals surface area contributed by atoms with Gasteiger partial charge in [0, 0.05) is 19.3 Å². The molecule has 0 aliphatic carbocycles. The number of carbonyl (C=O) groups excluding carboxylic acids is 3. The highest BCUT2D eigenvalue weighted by Gasteiger charge is 2.19. The van der Waals surface area contributed by atoms with Crippen LogP contribution < -0.4 is 0 Å². The van der Waals surface area contributed by atoms with E-state index in [9.17, 15) is 14.4 Å². The number of esters is 3. The third-order valence-corrected chi connectivity index (χ3v) is 10.3. The molecule has 0 aromatic carbocycles. The third kappa shape index (κ3) is 53.6. The van der Waals surface area contributed by atoms with E-state index in [1.54, 1.807) is 0 Å². The van der Waals surface area contributed by atoms with Gasteiger partial charge >= 0.3 is 17.9 Å². The van der Waals surface area contributed by atoms with Crippen LogP contribution in [0.4, 0.5) is 0 Å². The lowest BCUT2D eigenvalue weighted by Gasteiger charge is -2.18. The molecule has 0 saturated heterocycles. The van der Waals surface area contributed by atoms with Crippen LogP contribution in [-0.4, -0.2) is 37.2 Å². The predicted molar refractivity (Wildman–Crippen MR) is 297 cm³/mol. The molecular weight excluding hydrogens is 853 g/mol. The monoisotopic (exact) mass is 947 g/mol. The van der Waals surface area contributed by atoms with Crippen LogP contribution in [0.3, 0.4) is 0 Å². The molecule has 0 aromatic rings. The van der Waals surface area contributed by atoms with E-state index in [0.29, 0.717) is 19.3 Å². The minimum absolute atomic E-state index is 0.149. The first-order valence-electron chi connectivity index (χ1n) is 26.7. The van der Waals surface area contributed by atoms with Crippen LogP contribution in [0.25, 0.3) is 0 Å². The Balaban J connectivity index is 4.70. The van der Waals surface area contributed by atoms with Crippen LogP contribution in [0, 0.1) is 0 Å². The average molecular weight is 947 g/mol. The Kier molecular flexibility index (Phi) is 51.2. The second-order valence-electron chi connectivity index (χ2n) is 16.8. The van der Waals surface area contributed by atoms with Crippen molar-refractivity contribution in [3.8, 4) is 0 Å². The molecule has 0 saturated carbocycles. The number of unbranched alkanes of at least 4 members (excludes halogenated alkanes) is 11. The zero-order valence-corrected chi connectivity index (χ0v) is 43.5. The zero-order valence-electron chi connectivity index (χ0n) is 43.5. The number of hydrogen-bond acceptors (Lipinski definition) is 6. The number of rotatable bonds is 45. The Hall–Kier alpha value is -5.23. The van der Waals surface area contributed by atoms with E-state index in [0.717, 1.165) is 77.0 Å². The summed E-state index contributed by atoms with van der Waals surface area (Å²) in [5.74, 6) is -1.12. The van der Waals surface area contributed by atoms with E-state index >= 15 is 0 Å². The molecule has 0 aliphatic rings. The van der Waals surface area contributed by atoms with E-state index in [-0.39, 0.29) is 44.4 Å². The van der Waals surface area contributed by atoms with Crippen LogP contribution in [0.1, 0.15) is 188 Å². The molecule has 0 aromatic heterocycles. The molecule has 6 heteroatoms. The van der Waals surface area contributed by atoms with Gasteiger partial charge in [-0.3, -0.25) is 14.4 Å². The van der Waals surface area contributed by atoms with Crippen LogP contribution in [0.2, 0.25) is 0 Å². The summed E-state index contributed by atoms with van der Waals surface area (Å²) in [5, 5.41) is 0. The van der Waals surface area contributed by atoms with Gasteiger partial charge in [-0.2, -0.15) is 0 Å². The van der Waals surface area contributed by atoms with Gasteiger partial charge in [0.1, 0.15) is 13.2 Å². The molecule has 0 heterocycles. The molecule has 0 fully saturated rings. The first-order chi connectivity index (χ1) is 34.0. The number of hydrogen-bond donors (Lipinski definition) is 0. The van der Waals surface area contributed by atoms with Gasteiger partial charge < -0.3 is 14.2 Å². The topological polar surface area (TPSA) is 78.9 Å². The maximum atomic E-state index is 12.8. The summed E-state index contributed by atoms with van der Waals surface area (Å²) in [7, 11) is 0. The third-order valence-electron chi connectivity index (χ3n) is 10.3. The quantitative estimate of drug-likeness (QED) is 0.0199. The maximum Gasteiger partial charge on any atom is 0.306 e. The van der Waals surface area contributed by atoms with Gasteiger partial charge in [-0.05, 0) is 116 Å². The molecule has 0 bridgehead atoms. The lowest BCUT2D eigenvalue weighted by atomic mass is 10.1. The number of carbonyl (C=O) groups is 3. The fourth-order valence-electron chi connectivity index (χ4n) is 6.34. The average Bonchev–Trinajstić information content (AvgIpc) is 3.35. The van der Waals surface area contributed by atoms with Gasteiger partial charge in [-0.15, -0.1) is 0 Å². The molecule has 1 unspecified atom stereocenters. The van der Waals surface area contributed by atoms with Crippen molar-refractivity contribution in [1.29, 1.82) is 0 Å². The van der Waals surface area contributed by atoms with Crippen LogP contribution in [0.15, 0.2) is 170 Å². The van der Waals surface area contributed by atoms with Gasteiger partial charge in [-0.25, -0.2) is 0 Å². The summed E-state index contributed by atoms with van der Waals surface area (Å²) >= 11 is 0. The van der Waals surface area contributed by atoms with Crippen molar-refractivity contribution in [2.75, 3.05) is 13.2 Å². The molecule has 69 heavy (non-hydrogen) atoms. The smallest absolute Gasteiger partial charge is 0.306 e. The molecule has 6 nitrogen and oxygen atoms in total. The van der Waals surface area contributed by atoms with Crippen LogP contribution in [0.5, 0.6) is 0 Å². The first-order valence-corrected chi connectivity index (χ1v) is 26.7. The standard InChI is InChI=1S/C63H94O6/c1-4-7-10-13-16-19-22-25-28-31-34-37-40-43-46-49-52-55-61(64)67-58-60(69-63(66)57-54-51-48-45-42-39-36-33-30-27-24-21-18-15-12-9-6-3)59-68-62(65)56-53-50-47-44-41-38-35-32-29-26-23-20-17-14-11-8-5-2/h7,10,13,16-22,25-31,34-40,44-45,47-48,60H,4-6,8-9,11-12,14-15,23-24,32-33,41-43,46,49-59H2,1-3H3/b10-7-,16-13-,20-17-,21-18-,22-19-,28-25-,29-26-,30-27-,34-31+,38-35-,39-36-,40-37-,47-44-,48-45-. The van der Waals surface area contributed by atoms with E-state index in [4.69, 9.17) is 14.2 Å². The normalized spacial score (nSPS) is 13.5. The summed E-state index contributed by atoms with van der Waals surface area (Å²) in [5.41, 5.74) is 0. The van der Waals surface area contributed by atoms with Crippen molar-refractivity contribution in [1.82, 2.24) is 0 Å². The SMILES string of the molecule is CC\C=C/C=C\C=C/C=C\C=C\C=C/CCCCCC(=O)OCC(COC(=O)CCC/C=C\C/C=C\C/C=C\C/C=C\CCCCC)OC(=O)CCC/C=C\C/C=C\C/C=C\C/C=C\CCCCC. The van der Waals surface area contributed by atoms with E-state index in [1.807, 2.05) is 60.8 Å². The first kappa shape index (κ1) is 63.8. The molecule has 1 atom stereocenters. The second kappa shape index (κ2) is 55.4. The van der Waals surface area contributed by atoms with Gasteiger partial charge in [0.05, 0.1) is 0 Å². The molecule has 0 N–H and O–H groups in total. The lowest BCUT2D eigenvalue weighted by molar-refractivity contribution is -0.167. The Labute approximate surface area is 422 Å². The van der Waals surface area contributed by atoms with Gasteiger partial charge in [0.25, 0.3) is 0 Å². The molecule has 0 amide bonds. The number of ether oxygens (including phenoxy) is 3. The van der Waals surface area contributed by atoms with Crippen molar-refractivity contribution < 1.29 is 28.6 Å². The molecule has 0 aliphatic heterocycles. The zero-order chi connectivity index (χ0) is 50.0. The summed E-state index contributed by atoms with van der Waals surface area (Å²) in [6.07, 6.45) is 82.0. The van der Waals surface area contributed by atoms with Crippen molar-refractivity contribution in [2.45, 2.75) is 194 Å². The predicted octanol–water partition coefficient (Wildman–Crippen LogP) is 18.0. The van der Waals surface area contributed by atoms with Crippen molar-refractivity contribution in [3.05, 3.63) is 170 Å². The van der Waals surface area contributed by atoms with E-state index in [2.05, 4.69) is 130 Å². The fraction of sp³-hybridized carbons (Fsp3) is 0.508. The summed E-state index contributed by atoms with van der Waals surface area (Å²) in [4.78, 5) is 38.0. The minimum atomic E-state index is -0.857. The Bertz CT molecular complexity index is 1650. The van der Waals surface area contributed by atoms with Gasteiger partial charge in [0.2, 0.25) is 0 Å². The molecule has 0 spiro atoms. The van der Waals surface area contributed by atoms with Crippen LogP contribution in [-0.2, 0) is 28.6 Å². The largest absolute Gasteiger partial charge is 0.462 e. The van der Waals surface area contributed by atoms with Crippen molar-refractivity contribution in [2.24, 2.45) is 0 Å². The van der Waals surface area contributed by atoms with Gasteiger partial charge in [-0.1, -0.05) is 223 Å². The van der Waals surface area contributed by atoms with Gasteiger partial charge in [0.15, 0.2) is 6.10 Å². The summed E-state index contributed by atoms with van der Waals surface area (Å²) < 4.78 is 16.7. The summed E-state index contributed by atoms with van der Waals surface area (Å²) in [6, 6.07) is 0. The summed E-state index contributed by atoms with van der Waals surface area (Å²) in [6.45, 7) is 6.27. The van der Waals surface area contributed by atoms with Crippen molar-refractivity contribution >= 4 is 17.9 Å². The van der Waals surface area contributed by atoms with E-state index in [1.165, 1.54) is 51.4 Å². The van der Waals surface area contributed by atoms with Crippen molar-refractivity contribution in [3.63, 3.8) is 0 Å². The van der Waals surface area contributed by atoms with E-state index < -0.39 is 12.1 Å². The Morgan fingerprint density at radius 2 is 0.638 bits per heavy atom. The molecule has 0 radical (unpaired) electrons. The Morgan fingerprint density at radius 3 is 1.04 bits per heavy atom. The maximum absolute atomic E-state index is 12.8. The highest BCUT2D eigenvalue weighted by molar-refractivity contribution is 5.71. The highest BCUT2D eigenvalue weighted by Crippen LogP contribution is 2.10.